The van der Waals surface area contributed by atoms with Gasteiger partial charge >= 0.3 is 0 Å². The molecule has 3 nitrogen and oxygen atoms in total. The molecule has 88 valence electrons. The molecule has 1 aliphatic carbocycles. The van der Waals surface area contributed by atoms with E-state index in [4.69, 9.17) is 10.5 Å². The Morgan fingerprint density at radius 1 is 1.40 bits per heavy atom. The van der Waals surface area contributed by atoms with E-state index in [2.05, 4.69) is 12.2 Å². The van der Waals surface area contributed by atoms with Gasteiger partial charge in [0.05, 0.1) is 0 Å². The molecule has 3 heteroatoms. The maximum absolute atomic E-state index is 5.84. The molecule has 3 atom stereocenters. The van der Waals surface area contributed by atoms with Crippen LogP contribution in [0.25, 0.3) is 0 Å². The van der Waals surface area contributed by atoms with E-state index in [0.29, 0.717) is 6.04 Å². The highest BCUT2D eigenvalue weighted by molar-refractivity contribution is 4.87. The second-order valence-electron chi connectivity index (χ2n) is 5.17. The summed E-state index contributed by atoms with van der Waals surface area (Å²) >= 11 is 0. The molecule has 0 amide bonds. The van der Waals surface area contributed by atoms with Gasteiger partial charge in [0.1, 0.15) is 0 Å². The molecule has 2 fully saturated rings. The Morgan fingerprint density at radius 3 is 2.60 bits per heavy atom. The monoisotopic (exact) mass is 212 g/mol. The second kappa shape index (κ2) is 5.28. The van der Waals surface area contributed by atoms with Gasteiger partial charge in [0.15, 0.2) is 0 Å². The van der Waals surface area contributed by atoms with E-state index in [1.54, 1.807) is 0 Å². The van der Waals surface area contributed by atoms with Gasteiger partial charge in [-0.05, 0) is 43.6 Å². The number of hydrogen-bond donors (Lipinski definition) is 2. The molecule has 2 rings (SSSR count). The normalized spacial score (nSPS) is 34.0. The van der Waals surface area contributed by atoms with E-state index in [9.17, 15) is 0 Å². The summed E-state index contributed by atoms with van der Waals surface area (Å²) in [5, 5.41) is 3.65. The fourth-order valence-corrected chi connectivity index (χ4v) is 2.55. The van der Waals surface area contributed by atoms with Crippen LogP contribution in [-0.2, 0) is 4.74 Å². The van der Waals surface area contributed by atoms with Crippen molar-refractivity contribution in [2.75, 3.05) is 26.3 Å². The van der Waals surface area contributed by atoms with Crippen LogP contribution in [0.3, 0.4) is 0 Å². The number of ether oxygens (including phenoxy) is 1. The highest BCUT2D eigenvalue weighted by Gasteiger charge is 2.33. The predicted octanol–water partition coefficient (Wildman–Crippen LogP) is 0.986. The highest BCUT2D eigenvalue weighted by Crippen LogP contribution is 2.37. The fourth-order valence-electron chi connectivity index (χ4n) is 2.55. The highest BCUT2D eigenvalue weighted by atomic mass is 16.5. The smallest absolute Gasteiger partial charge is 0.0469 e. The molecule has 0 radical (unpaired) electrons. The van der Waals surface area contributed by atoms with Crippen molar-refractivity contribution >= 4 is 0 Å². The lowest BCUT2D eigenvalue weighted by Gasteiger charge is -2.30. The zero-order valence-corrected chi connectivity index (χ0v) is 9.74. The molecule has 1 heterocycles. The van der Waals surface area contributed by atoms with Crippen LogP contribution in [0.15, 0.2) is 0 Å². The van der Waals surface area contributed by atoms with Crippen LogP contribution in [-0.4, -0.2) is 32.3 Å². The van der Waals surface area contributed by atoms with E-state index < -0.39 is 0 Å². The van der Waals surface area contributed by atoms with Crippen LogP contribution in [0.5, 0.6) is 0 Å². The summed E-state index contributed by atoms with van der Waals surface area (Å²) < 4.78 is 5.38. The topological polar surface area (TPSA) is 47.3 Å². The Hall–Kier alpha value is -0.120. The van der Waals surface area contributed by atoms with Crippen LogP contribution in [0.2, 0.25) is 0 Å². The van der Waals surface area contributed by atoms with Crippen molar-refractivity contribution in [1.29, 1.82) is 0 Å². The molecule has 0 spiro atoms. The lowest BCUT2D eigenvalue weighted by molar-refractivity contribution is 0.0546. The van der Waals surface area contributed by atoms with Gasteiger partial charge in [-0.25, -0.2) is 0 Å². The number of hydrogen-bond acceptors (Lipinski definition) is 3. The minimum atomic E-state index is 0.515. The third-order valence-corrected chi connectivity index (χ3v) is 4.01. The molecule has 1 aliphatic heterocycles. The molecular formula is C12H24N2O. The molecule has 1 saturated carbocycles. The quantitative estimate of drug-likeness (QED) is 0.714. The largest absolute Gasteiger partial charge is 0.381 e. The maximum Gasteiger partial charge on any atom is 0.0469 e. The number of nitrogens with one attached hydrogen (secondary N) is 1. The second-order valence-corrected chi connectivity index (χ2v) is 5.17. The molecule has 1 saturated heterocycles. The van der Waals surface area contributed by atoms with Crippen molar-refractivity contribution in [2.24, 2.45) is 23.5 Å². The molecule has 3 N–H and O–H groups in total. The van der Waals surface area contributed by atoms with E-state index in [1.165, 1.54) is 25.8 Å². The molecule has 3 unspecified atom stereocenters. The van der Waals surface area contributed by atoms with Crippen LogP contribution in [0.1, 0.15) is 26.2 Å². The van der Waals surface area contributed by atoms with Crippen LogP contribution >= 0.6 is 0 Å². The summed E-state index contributed by atoms with van der Waals surface area (Å²) in [5.41, 5.74) is 5.84. The van der Waals surface area contributed by atoms with Gasteiger partial charge in [-0.1, -0.05) is 6.92 Å². The summed E-state index contributed by atoms with van der Waals surface area (Å²) in [5.74, 6) is 2.59. The van der Waals surface area contributed by atoms with Crippen LogP contribution in [0.4, 0.5) is 0 Å². The van der Waals surface area contributed by atoms with Gasteiger partial charge in [-0.3, -0.25) is 0 Å². The summed E-state index contributed by atoms with van der Waals surface area (Å²) in [7, 11) is 0. The summed E-state index contributed by atoms with van der Waals surface area (Å²) in [6, 6.07) is 0.515. The average molecular weight is 212 g/mol. The third kappa shape index (κ3) is 3.16. The number of rotatable bonds is 5. The molecule has 2 aliphatic rings. The fraction of sp³-hybridized carbons (Fsp3) is 1.00. The first-order valence-corrected chi connectivity index (χ1v) is 6.32. The zero-order chi connectivity index (χ0) is 10.7. The zero-order valence-electron chi connectivity index (χ0n) is 9.74. The van der Waals surface area contributed by atoms with E-state index in [1.807, 2.05) is 0 Å². The van der Waals surface area contributed by atoms with E-state index in [0.717, 1.165) is 37.5 Å². The Morgan fingerprint density at radius 2 is 2.07 bits per heavy atom. The van der Waals surface area contributed by atoms with Crippen molar-refractivity contribution in [3.8, 4) is 0 Å². The standard InChI is InChI=1S/C12H24N2O/c1-9-6-11(9)8-14-12(7-13)10-2-4-15-5-3-10/h9-12,14H,2-8,13H2,1H3. The first-order valence-electron chi connectivity index (χ1n) is 6.32. The van der Waals surface area contributed by atoms with Crippen LogP contribution in [0, 0.1) is 17.8 Å². The Labute approximate surface area is 92.7 Å². The minimum Gasteiger partial charge on any atom is -0.381 e. The van der Waals surface area contributed by atoms with Gasteiger partial charge in [-0.2, -0.15) is 0 Å². The van der Waals surface area contributed by atoms with Crippen molar-refractivity contribution in [3.63, 3.8) is 0 Å². The lowest BCUT2D eigenvalue weighted by Crippen LogP contribution is -2.45. The van der Waals surface area contributed by atoms with E-state index >= 15 is 0 Å². The average Bonchev–Trinajstić information content (AvgIpc) is 2.97. The first-order chi connectivity index (χ1) is 7.31. The summed E-state index contributed by atoms with van der Waals surface area (Å²) in [4.78, 5) is 0. The van der Waals surface area contributed by atoms with Crippen LogP contribution < -0.4 is 11.1 Å². The number of nitrogens with two attached hydrogens (primary N) is 1. The van der Waals surface area contributed by atoms with Gasteiger partial charge in [0.2, 0.25) is 0 Å². The van der Waals surface area contributed by atoms with Gasteiger partial charge in [-0.15, -0.1) is 0 Å². The van der Waals surface area contributed by atoms with E-state index in [-0.39, 0.29) is 0 Å². The molecular weight excluding hydrogens is 188 g/mol. The predicted molar refractivity (Wildman–Crippen MR) is 61.7 cm³/mol. The van der Waals surface area contributed by atoms with Gasteiger partial charge in [0.25, 0.3) is 0 Å². The summed E-state index contributed by atoms with van der Waals surface area (Å²) in [6.07, 6.45) is 3.75. The third-order valence-electron chi connectivity index (χ3n) is 4.01. The van der Waals surface area contributed by atoms with Gasteiger partial charge < -0.3 is 15.8 Å². The summed E-state index contributed by atoms with van der Waals surface area (Å²) in [6.45, 7) is 6.11. The Balaban J connectivity index is 1.70. The SMILES string of the molecule is CC1CC1CNC(CN)C1CCOCC1. The molecule has 15 heavy (non-hydrogen) atoms. The Bertz CT molecular complexity index is 192. The maximum atomic E-state index is 5.84. The lowest BCUT2D eigenvalue weighted by atomic mass is 9.91. The first kappa shape index (κ1) is 11.4. The minimum absolute atomic E-state index is 0.515. The van der Waals surface area contributed by atoms with Gasteiger partial charge in [0, 0.05) is 25.8 Å². The molecule has 0 aromatic carbocycles. The molecule has 0 aromatic rings. The molecule has 0 aromatic heterocycles. The Kier molecular flexibility index (Phi) is 4.00. The molecule has 0 bridgehead atoms. The van der Waals surface area contributed by atoms with Crippen molar-refractivity contribution in [2.45, 2.75) is 32.2 Å². The van der Waals surface area contributed by atoms with Crippen molar-refractivity contribution < 1.29 is 4.74 Å². The van der Waals surface area contributed by atoms with Crippen molar-refractivity contribution in [3.05, 3.63) is 0 Å². The van der Waals surface area contributed by atoms with Crippen molar-refractivity contribution in [1.82, 2.24) is 5.32 Å².